The second-order valence-corrected chi connectivity index (χ2v) is 6.06. The summed E-state index contributed by atoms with van der Waals surface area (Å²) in [5.74, 6) is 0.892. The lowest BCUT2D eigenvalue weighted by Gasteiger charge is -2.21. The standard InChI is InChI=1S/C14H19N3OS/c1-18-11-4-5-12-13(7-11)19-14(16-12)9-17-6-2-3-10(17)8-15/h4-5,7,10H,2-3,6,8-9,15H2,1H3. The van der Waals surface area contributed by atoms with Crippen molar-refractivity contribution >= 4 is 21.6 Å². The average Bonchev–Trinajstić information content (AvgIpc) is 3.03. The van der Waals surface area contributed by atoms with Gasteiger partial charge in [-0.2, -0.15) is 0 Å². The Kier molecular flexibility index (Phi) is 3.68. The number of thiazole rings is 1. The van der Waals surface area contributed by atoms with Crippen LogP contribution in [-0.2, 0) is 6.54 Å². The molecular formula is C14H19N3OS. The minimum Gasteiger partial charge on any atom is -0.497 e. The molecule has 0 radical (unpaired) electrons. The number of hydrogen-bond donors (Lipinski definition) is 1. The van der Waals surface area contributed by atoms with Crippen molar-refractivity contribution in [3.63, 3.8) is 0 Å². The predicted octanol–water partition coefficient (Wildman–Crippen LogP) is 2.23. The highest BCUT2D eigenvalue weighted by Crippen LogP contribution is 2.28. The van der Waals surface area contributed by atoms with E-state index in [1.54, 1.807) is 18.4 Å². The van der Waals surface area contributed by atoms with Gasteiger partial charge >= 0.3 is 0 Å². The molecule has 1 aliphatic heterocycles. The third-order valence-electron chi connectivity index (χ3n) is 3.75. The van der Waals surface area contributed by atoms with Gasteiger partial charge in [-0.3, -0.25) is 4.90 Å². The first-order valence-electron chi connectivity index (χ1n) is 6.67. The Labute approximate surface area is 117 Å². The minimum atomic E-state index is 0.529. The Hall–Kier alpha value is -1.17. The molecule has 102 valence electrons. The maximum atomic E-state index is 5.82. The van der Waals surface area contributed by atoms with Crippen molar-refractivity contribution in [2.24, 2.45) is 5.73 Å². The van der Waals surface area contributed by atoms with Crippen LogP contribution in [0.5, 0.6) is 5.75 Å². The fourth-order valence-corrected chi connectivity index (χ4v) is 3.71. The number of fused-ring (bicyclic) bond motifs is 1. The zero-order valence-electron chi connectivity index (χ0n) is 11.1. The largest absolute Gasteiger partial charge is 0.497 e. The van der Waals surface area contributed by atoms with E-state index in [0.717, 1.165) is 30.9 Å². The quantitative estimate of drug-likeness (QED) is 0.931. The first-order chi connectivity index (χ1) is 9.30. The smallest absolute Gasteiger partial charge is 0.120 e. The van der Waals surface area contributed by atoms with Gasteiger partial charge in [-0.15, -0.1) is 11.3 Å². The molecule has 2 N–H and O–H groups in total. The third kappa shape index (κ3) is 2.59. The Morgan fingerprint density at radius 3 is 3.21 bits per heavy atom. The molecule has 3 rings (SSSR count). The molecule has 1 fully saturated rings. The second-order valence-electron chi connectivity index (χ2n) is 4.94. The minimum absolute atomic E-state index is 0.529. The lowest BCUT2D eigenvalue weighted by molar-refractivity contribution is 0.250. The molecule has 1 unspecified atom stereocenters. The van der Waals surface area contributed by atoms with Crippen molar-refractivity contribution in [1.82, 2.24) is 9.88 Å². The van der Waals surface area contributed by atoms with Crippen LogP contribution in [0.3, 0.4) is 0 Å². The summed E-state index contributed by atoms with van der Waals surface area (Å²) in [7, 11) is 1.69. The van der Waals surface area contributed by atoms with E-state index in [9.17, 15) is 0 Å². The van der Waals surface area contributed by atoms with Gasteiger partial charge in [0.2, 0.25) is 0 Å². The van der Waals surface area contributed by atoms with E-state index >= 15 is 0 Å². The van der Waals surface area contributed by atoms with Crippen molar-refractivity contribution < 1.29 is 4.74 Å². The maximum absolute atomic E-state index is 5.82. The molecule has 1 atom stereocenters. The topological polar surface area (TPSA) is 51.4 Å². The van der Waals surface area contributed by atoms with Gasteiger partial charge in [0.25, 0.3) is 0 Å². The highest BCUT2D eigenvalue weighted by molar-refractivity contribution is 7.18. The summed E-state index contributed by atoms with van der Waals surface area (Å²) in [4.78, 5) is 7.15. The number of likely N-dealkylation sites (tertiary alicyclic amines) is 1. The van der Waals surface area contributed by atoms with Gasteiger partial charge in [-0.25, -0.2) is 4.98 Å². The van der Waals surface area contributed by atoms with Crippen LogP contribution in [0.2, 0.25) is 0 Å². The molecule has 1 aromatic heterocycles. The molecule has 1 aliphatic rings. The summed E-state index contributed by atoms with van der Waals surface area (Å²) < 4.78 is 6.44. The van der Waals surface area contributed by atoms with Crippen LogP contribution >= 0.6 is 11.3 Å². The maximum Gasteiger partial charge on any atom is 0.120 e. The first kappa shape index (κ1) is 12.8. The molecule has 0 saturated carbocycles. The Bertz CT molecular complexity index is 569. The number of rotatable bonds is 4. The Balaban J connectivity index is 1.81. The highest BCUT2D eigenvalue weighted by Gasteiger charge is 2.23. The van der Waals surface area contributed by atoms with E-state index in [2.05, 4.69) is 11.0 Å². The molecule has 1 aromatic carbocycles. The van der Waals surface area contributed by atoms with Gasteiger partial charge in [0, 0.05) is 12.6 Å². The summed E-state index contributed by atoms with van der Waals surface area (Å²) >= 11 is 1.75. The highest BCUT2D eigenvalue weighted by atomic mass is 32.1. The molecule has 5 heteroatoms. The summed E-state index contributed by atoms with van der Waals surface area (Å²) in [5, 5.41) is 1.17. The zero-order valence-corrected chi connectivity index (χ0v) is 11.9. The van der Waals surface area contributed by atoms with E-state index in [1.165, 1.54) is 22.5 Å². The lowest BCUT2D eigenvalue weighted by atomic mass is 10.2. The molecule has 2 heterocycles. The fourth-order valence-electron chi connectivity index (χ4n) is 2.69. The SMILES string of the molecule is COc1ccc2nc(CN3CCCC3CN)sc2c1. The first-order valence-corrected chi connectivity index (χ1v) is 7.49. The Morgan fingerprint density at radius 2 is 2.42 bits per heavy atom. The molecule has 19 heavy (non-hydrogen) atoms. The Morgan fingerprint density at radius 1 is 1.53 bits per heavy atom. The molecule has 0 spiro atoms. The lowest BCUT2D eigenvalue weighted by Crippen LogP contribution is -2.34. The van der Waals surface area contributed by atoms with Crippen LogP contribution in [0.25, 0.3) is 10.2 Å². The van der Waals surface area contributed by atoms with E-state index < -0.39 is 0 Å². The fraction of sp³-hybridized carbons (Fsp3) is 0.500. The molecule has 4 nitrogen and oxygen atoms in total. The molecule has 0 aliphatic carbocycles. The van der Waals surface area contributed by atoms with Crippen LogP contribution in [0, 0.1) is 0 Å². The molecule has 0 bridgehead atoms. The van der Waals surface area contributed by atoms with E-state index in [0.29, 0.717) is 6.04 Å². The third-order valence-corrected chi connectivity index (χ3v) is 4.75. The van der Waals surface area contributed by atoms with Crippen LogP contribution in [-0.4, -0.2) is 36.1 Å². The van der Waals surface area contributed by atoms with Crippen LogP contribution < -0.4 is 10.5 Å². The van der Waals surface area contributed by atoms with Crippen molar-refractivity contribution in [3.8, 4) is 5.75 Å². The summed E-state index contributed by atoms with van der Waals surface area (Å²) in [6.45, 7) is 2.81. The number of benzene rings is 1. The van der Waals surface area contributed by atoms with Crippen molar-refractivity contribution in [3.05, 3.63) is 23.2 Å². The molecule has 0 amide bonds. The molecule has 1 saturated heterocycles. The van der Waals surface area contributed by atoms with Crippen molar-refractivity contribution in [2.75, 3.05) is 20.2 Å². The van der Waals surface area contributed by atoms with Crippen LogP contribution in [0.1, 0.15) is 17.8 Å². The van der Waals surface area contributed by atoms with Crippen molar-refractivity contribution in [1.29, 1.82) is 0 Å². The van der Waals surface area contributed by atoms with E-state index in [1.807, 2.05) is 12.1 Å². The van der Waals surface area contributed by atoms with E-state index in [4.69, 9.17) is 15.5 Å². The number of methoxy groups -OCH3 is 1. The summed E-state index contributed by atoms with van der Waals surface area (Å²) in [6, 6.07) is 6.57. The summed E-state index contributed by atoms with van der Waals surface area (Å²) in [5.41, 5.74) is 6.88. The van der Waals surface area contributed by atoms with Crippen LogP contribution in [0.15, 0.2) is 18.2 Å². The van der Waals surface area contributed by atoms with Gasteiger partial charge in [-0.05, 0) is 37.6 Å². The van der Waals surface area contributed by atoms with Gasteiger partial charge in [-0.1, -0.05) is 0 Å². The number of ether oxygens (including phenoxy) is 1. The summed E-state index contributed by atoms with van der Waals surface area (Å²) in [6.07, 6.45) is 2.47. The van der Waals surface area contributed by atoms with Crippen LogP contribution in [0.4, 0.5) is 0 Å². The number of nitrogens with zero attached hydrogens (tertiary/aromatic N) is 2. The number of aromatic nitrogens is 1. The van der Waals surface area contributed by atoms with Gasteiger partial charge in [0.1, 0.15) is 10.8 Å². The van der Waals surface area contributed by atoms with Gasteiger partial charge < -0.3 is 10.5 Å². The monoisotopic (exact) mass is 277 g/mol. The van der Waals surface area contributed by atoms with Crippen molar-refractivity contribution in [2.45, 2.75) is 25.4 Å². The average molecular weight is 277 g/mol. The zero-order chi connectivity index (χ0) is 13.2. The van der Waals surface area contributed by atoms with Gasteiger partial charge in [0.05, 0.1) is 23.9 Å². The molecular weight excluding hydrogens is 258 g/mol. The number of hydrogen-bond acceptors (Lipinski definition) is 5. The van der Waals surface area contributed by atoms with E-state index in [-0.39, 0.29) is 0 Å². The predicted molar refractivity (Wildman–Crippen MR) is 78.7 cm³/mol. The normalized spacial score (nSPS) is 20.2. The van der Waals surface area contributed by atoms with Gasteiger partial charge in [0.15, 0.2) is 0 Å². The second kappa shape index (κ2) is 5.45. The molecule has 2 aromatic rings. The number of nitrogens with two attached hydrogens (primary N) is 1.